The Labute approximate surface area is 109 Å². The molecule has 0 aliphatic carbocycles. The van der Waals surface area contributed by atoms with Crippen molar-refractivity contribution in [1.82, 2.24) is 5.32 Å². The molecule has 1 atom stereocenters. The summed E-state index contributed by atoms with van der Waals surface area (Å²) in [6.07, 6.45) is 1.04. The number of ether oxygens (including phenoxy) is 2. The fourth-order valence-corrected chi connectivity index (χ4v) is 1.60. The van der Waals surface area contributed by atoms with Crippen molar-refractivity contribution in [3.05, 3.63) is 29.8 Å². The largest absolute Gasteiger partial charge is 0.479 e. The molecule has 0 saturated carbocycles. The van der Waals surface area contributed by atoms with Crippen LogP contribution in [0, 0.1) is 11.3 Å². The van der Waals surface area contributed by atoms with Gasteiger partial charge in [-0.3, -0.25) is 0 Å². The predicted molar refractivity (Wildman–Crippen MR) is 70.3 cm³/mol. The Kier molecular flexibility index (Phi) is 6.85. The molecule has 1 aromatic carbocycles. The lowest BCUT2D eigenvalue weighted by molar-refractivity contribution is 0.164. The third-order valence-corrected chi connectivity index (χ3v) is 2.68. The van der Waals surface area contributed by atoms with Gasteiger partial charge in [0.05, 0.1) is 6.61 Å². The van der Waals surface area contributed by atoms with Crippen LogP contribution in [0.25, 0.3) is 0 Å². The van der Waals surface area contributed by atoms with Crippen LogP contribution < -0.4 is 10.1 Å². The number of benzene rings is 1. The highest BCUT2D eigenvalue weighted by Crippen LogP contribution is 2.12. The number of rotatable bonds is 8. The summed E-state index contributed by atoms with van der Waals surface area (Å²) in [6.45, 7) is 3.75. The van der Waals surface area contributed by atoms with Gasteiger partial charge < -0.3 is 14.8 Å². The second kappa shape index (κ2) is 8.51. The summed E-state index contributed by atoms with van der Waals surface area (Å²) < 4.78 is 10.3. The molecule has 0 aliphatic rings. The molecule has 0 fully saturated rings. The second-order valence-electron chi connectivity index (χ2n) is 4.03. The molecule has 18 heavy (non-hydrogen) atoms. The highest BCUT2D eigenvalue weighted by Gasteiger charge is 2.04. The lowest BCUT2D eigenvalue weighted by Gasteiger charge is -2.15. The van der Waals surface area contributed by atoms with Gasteiger partial charge in [-0.2, -0.15) is 5.26 Å². The maximum atomic E-state index is 8.41. The van der Waals surface area contributed by atoms with Gasteiger partial charge in [-0.25, -0.2) is 0 Å². The van der Waals surface area contributed by atoms with Crippen LogP contribution in [-0.4, -0.2) is 26.4 Å². The minimum Gasteiger partial charge on any atom is -0.479 e. The molecule has 1 aromatic rings. The minimum atomic E-state index is 0.0867. The summed E-state index contributed by atoms with van der Waals surface area (Å²) in [5.74, 6) is 0.726. The maximum absolute atomic E-state index is 8.41. The number of hydrogen-bond donors (Lipinski definition) is 1. The zero-order valence-electron chi connectivity index (χ0n) is 11.0. The van der Waals surface area contributed by atoms with Gasteiger partial charge in [0.1, 0.15) is 11.8 Å². The summed E-state index contributed by atoms with van der Waals surface area (Å²) in [5.41, 5.74) is 1.19. The van der Waals surface area contributed by atoms with Crippen molar-refractivity contribution in [2.45, 2.75) is 25.9 Å². The zero-order valence-corrected chi connectivity index (χ0v) is 11.0. The quantitative estimate of drug-likeness (QED) is 0.765. The number of nitriles is 1. The predicted octanol–water partition coefficient (Wildman–Crippen LogP) is 2.10. The monoisotopic (exact) mass is 248 g/mol. The molecule has 1 N–H and O–H groups in total. The standard InChI is InChI=1S/C14H20N2O2/c1-3-13(11-17-2)16-10-12-4-6-14(7-5-12)18-9-8-15/h4-7,13,16H,3,9-11H2,1-2H3. The van der Waals surface area contributed by atoms with Gasteiger partial charge in [0.25, 0.3) is 0 Å². The first-order chi connectivity index (χ1) is 8.80. The molecule has 0 bridgehead atoms. The van der Waals surface area contributed by atoms with Crippen LogP contribution in [0.1, 0.15) is 18.9 Å². The molecule has 4 nitrogen and oxygen atoms in total. The van der Waals surface area contributed by atoms with Crippen LogP contribution in [0.15, 0.2) is 24.3 Å². The third kappa shape index (κ3) is 5.17. The molecular weight excluding hydrogens is 228 g/mol. The van der Waals surface area contributed by atoms with Crippen molar-refractivity contribution in [2.75, 3.05) is 20.3 Å². The summed E-state index contributed by atoms with van der Waals surface area (Å²) in [4.78, 5) is 0. The Morgan fingerprint density at radius 1 is 1.33 bits per heavy atom. The van der Waals surface area contributed by atoms with Crippen molar-refractivity contribution in [2.24, 2.45) is 0 Å². The van der Waals surface area contributed by atoms with E-state index in [0.29, 0.717) is 6.04 Å². The molecular formula is C14H20N2O2. The van der Waals surface area contributed by atoms with Crippen LogP contribution in [0.2, 0.25) is 0 Å². The van der Waals surface area contributed by atoms with E-state index in [2.05, 4.69) is 12.2 Å². The molecule has 0 saturated heterocycles. The number of methoxy groups -OCH3 is 1. The van der Waals surface area contributed by atoms with E-state index in [1.165, 1.54) is 5.56 Å². The summed E-state index contributed by atoms with van der Waals surface area (Å²) in [6, 6.07) is 10.1. The van der Waals surface area contributed by atoms with Gasteiger partial charge in [-0.15, -0.1) is 0 Å². The Morgan fingerprint density at radius 2 is 2.06 bits per heavy atom. The van der Waals surface area contributed by atoms with Gasteiger partial charge in [-0.1, -0.05) is 19.1 Å². The first-order valence-corrected chi connectivity index (χ1v) is 6.11. The second-order valence-corrected chi connectivity index (χ2v) is 4.03. The normalized spacial score (nSPS) is 11.8. The fraction of sp³-hybridized carbons (Fsp3) is 0.500. The third-order valence-electron chi connectivity index (χ3n) is 2.68. The lowest BCUT2D eigenvalue weighted by Crippen LogP contribution is -2.31. The smallest absolute Gasteiger partial charge is 0.174 e. The van der Waals surface area contributed by atoms with E-state index in [1.54, 1.807) is 7.11 Å². The maximum Gasteiger partial charge on any atom is 0.174 e. The van der Waals surface area contributed by atoms with Gasteiger partial charge in [0.15, 0.2) is 6.61 Å². The average Bonchev–Trinajstić information content (AvgIpc) is 2.42. The minimum absolute atomic E-state index is 0.0867. The highest BCUT2D eigenvalue weighted by molar-refractivity contribution is 5.27. The van der Waals surface area contributed by atoms with E-state index in [4.69, 9.17) is 14.7 Å². The van der Waals surface area contributed by atoms with Crippen LogP contribution >= 0.6 is 0 Å². The Hall–Kier alpha value is -1.57. The molecule has 4 heteroatoms. The van der Waals surface area contributed by atoms with Gasteiger partial charge >= 0.3 is 0 Å². The zero-order chi connectivity index (χ0) is 13.2. The van der Waals surface area contributed by atoms with Crippen LogP contribution in [-0.2, 0) is 11.3 Å². The Balaban J connectivity index is 2.41. The summed E-state index contributed by atoms with van der Waals surface area (Å²) >= 11 is 0. The number of nitrogens with zero attached hydrogens (tertiary/aromatic N) is 1. The number of hydrogen-bond acceptors (Lipinski definition) is 4. The fourth-order valence-electron chi connectivity index (χ4n) is 1.60. The topological polar surface area (TPSA) is 54.3 Å². The Bertz CT molecular complexity index is 370. The number of nitrogens with one attached hydrogen (secondary N) is 1. The van der Waals surface area contributed by atoms with Crippen molar-refractivity contribution in [3.8, 4) is 11.8 Å². The van der Waals surface area contributed by atoms with E-state index in [1.807, 2.05) is 30.3 Å². The molecule has 0 spiro atoms. The Morgan fingerprint density at radius 3 is 2.61 bits per heavy atom. The first-order valence-electron chi connectivity index (χ1n) is 6.11. The van der Waals surface area contributed by atoms with E-state index in [9.17, 15) is 0 Å². The van der Waals surface area contributed by atoms with E-state index in [-0.39, 0.29) is 6.61 Å². The van der Waals surface area contributed by atoms with E-state index in [0.717, 1.165) is 25.3 Å². The van der Waals surface area contributed by atoms with Crippen LogP contribution in [0.4, 0.5) is 0 Å². The first kappa shape index (κ1) is 14.5. The lowest BCUT2D eigenvalue weighted by atomic mass is 10.2. The van der Waals surface area contributed by atoms with Crippen LogP contribution in [0.5, 0.6) is 5.75 Å². The van der Waals surface area contributed by atoms with Crippen LogP contribution in [0.3, 0.4) is 0 Å². The molecule has 0 heterocycles. The van der Waals surface area contributed by atoms with Crippen molar-refractivity contribution in [3.63, 3.8) is 0 Å². The molecule has 0 aromatic heterocycles. The van der Waals surface area contributed by atoms with Gasteiger partial charge in [-0.05, 0) is 24.1 Å². The van der Waals surface area contributed by atoms with Crippen molar-refractivity contribution < 1.29 is 9.47 Å². The molecule has 1 unspecified atom stereocenters. The molecule has 98 valence electrons. The molecule has 0 aliphatic heterocycles. The van der Waals surface area contributed by atoms with Gasteiger partial charge in [0, 0.05) is 19.7 Å². The molecule has 1 rings (SSSR count). The molecule has 0 amide bonds. The van der Waals surface area contributed by atoms with Crippen molar-refractivity contribution in [1.29, 1.82) is 5.26 Å². The average molecular weight is 248 g/mol. The summed E-state index contributed by atoms with van der Waals surface area (Å²) in [5, 5.41) is 11.8. The molecule has 0 radical (unpaired) electrons. The SMILES string of the molecule is CCC(COC)NCc1ccc(OCC#N)cc1. The van der Waals surface area contributed by atoms with Gasteiger partial charge in [0.2, 0.25) is 0 Å². The summed E-state index contributed by atoms with van der Waals surface area (Å²) in [7, 11) is 1.71. The van der Waals surface area contributed by atoms with E-state index >= 15 is 0 Å². The van der Waals surface area contributed by atoms with Crippen molar-refractivity contribution >= 4 is 0 Å². The van der Waals surface area contributed by atoms with E-state index < -0.39 is 0 Å². The highest BCUT2D eigenvalue weighted by atomic mass is 16.5.